The molecule has 0 radical (unpaired) electrons. The Morgan fingerprint density at radius 1 is 1.24 bits per heavy atom. The Hall–Kier alpha value is -3.47. The summed E-state index contributed by atoms with van der Waals surface area (Å²) in [6, 6.07) is 5.38. The lowest BCUT2D eigenvalue weighted by Crippen LogP contribution is -2.49. The summed E-state index contributed by atoms with van der Waals surface area (Å²) in [5.74, 6) is 1.08. The Morgan fingerprint density at radius 2 is 1.97 bits per heavy atom. The van der Waals surface area contributed by atoms with Crippen molar-refractivity contribution in [3.63, 3.8) is 0 Å². The molecular weight excluding hydrogens is 378 g/mol. The van der Waals surface area contributed by atoms with E-state index in [1.54, 1.807) is 18.5 Å². The first-order chi connectivity index (χ1) is 14.1. The molecule has 1 aliphatic rings. The van der Waals surface area contributed by atoms with Gasteiger partial charge in [0.2, 0.25) is 5.95 Å². The topological polar surface area (TPSA) is 126 Å². The molecular formula is C18H23N7O4. The van der Waals surface area contributed by atoms with Crippen LogP contribution in [-0.2, 0) is 0 Å². The number of nitrogens with one attached hydrogen (secondary N) is 2. The minimum absolute atomic E-state index is 0.124. The maximum atomic E-state index is 12.1. The number of carbonyl (C=O) groups excluding carboxylic acids is 1. The summed E-state index contributed by atoms with van der Waals surface area (Å²) in [4.78, 5) is 35.4. The normalized spacial score (nSPS) is 14.3. The lowest BCUT2D eigenvalue weighted by atomic mass is 10.2. The molecule has 2 amide bonds. The van der Waals surface area contributed by atoms with Crippen LogP contribution in [0.3, 0.4) is 0 Å². The van der Waals surface area contributed by atoms with Crippen LogP contribution in [0.1, 0.15) is 0 Å². The summed E-state index contributed by atoms with van der Waals surface area (Å²) < 4.78 is 5.14. The molecule has 0 aliphatic carbocycles. The number of methoxy groups -OCH3 is 1. The molecule has 1 aliphatic heterocycles. The van der Waals surface area contributed by atoms with Crippen LogP contribution in [0.15, 0.2) is 36.7 Å². The second-order valence-corrected chi connectivity index (χ2v) is 6.40. The molecule has 11 nitrogen and oxygen atoms in total. The number of anilines is 2. The number of rotatable bonds is 7. The van der Waals surface area contributed by atoms with Crippen molar-refractivity contribution in [2.45, 2.75) is 0 Å². The molecule has 1 aromatic heterocycles. The van der Waals surface area contributed by atoms with Crippen LogP contribution in [0.5, 0.6) is 5.75 Å². The van der Waals surface area contributed by atoms with Gasteiger partial charge < -0.3 is 20.3 Å². The van der Waals surface area contributed by atoms with Crippen molar-refractivity contribution in [3.8, 4) is 5.75 Å². The molecule has 1 aromatic carbocycles. The molecule has 0 atom stereocenters. The smallest absolute Gasteiger partial charge is 0.319 e. The number of benzene rings is 1. The van der Waals surface area contributed by atoms with E-state index in [9.17, 15) is 14.9 Å². The number of aromatic nitrogens is 2. The third kappa shape index (κ3) is 5.51. The van der Waals surface area contributed by atoms with E-state index in [1.165, 1.54) is 25.3 Å². The summed E-state index contributed by atoms with van der Waals surface area (Å²) in [5, 5.41) is 16.3. The monoisotopic (exact) mass is 401 g/mol. The first-order valence-corrected chi connectivity index (χ1v) is 9.18. The summed E-state index contributed by atoms with van der Waals surface area (Å²) >= 11 is 0. The van der Waals surface area contributed by atoms with E-state index in [0.717, 1.165) is 32.1 Å². The Kier molecular flexibility index (Phi) is 6.74. The van der Waals surface area contributed by atoms with Gasteiger partial charge in [0, 0.05) is 63.8 Å². The van der Waals surface area contributed by atoms with Crippen molar-refractivity contribution in [3.05, 3.63) is 46.8 Å². The van der Waals surface area contributed by atoms with E-state index in [0.29, 0.717) is 18.8 Å². The van der Waals surface area contributed by atoms with E-state index >= 15 is 0 Å². The molecule has 1 fully saturated rings. The number of carbonyl (C=O) groups is 1. The Labute approximate surface area is 167 Å². The molecule has 11 heteroatoms. The number of nitro groups is 1. The van der Waals surface area contributed by atoms with Gasteiger partial charge in [0.25, 0.3) is 5.69 Å². The van der Waals surface area contributed by atoms with E-state index in [2.05, 4.69) is 30.4 Å². The lowest BCUT2D eigenvalue weighted by molar-refractivity contribution is -0.384. The van der Waals surface area contributed by atoms with Gasteiger partial charge in [-0.25, -0.2) is 14.8 Å². The molecule has 29 heavy (non-hydrogen) atoms. The Morgan fingerprint density at radius 3 is 2.62 bits per heavy atom. The van der Waals surface area contributed by atoms with E-state index in [4.69, 9.17) is 4.74 Å². The number of amides is 2. The predicted octanol–water partition coefficient (Wildman–Crippen LogP) is 1.34. The maximum absolute atomic E-state index is 12.1. The van der Waals surface area contributed by atoms with Crippen molar-refractivity contribution in [1.82, 2.24) is 20.2 Å². The fraction of sp³-hybridized carbons (Fsp3) is 0.389. The number of urea groups is 1. The number of nitrogens with zero attached hydrogens (tertiary/aromatic N) is 5. The van der Waals surface area contributed by atoms with E-state index in [1.807, 2.05) is 0 Å². The highest BCUT2D eigenvalue weighted by Crippen LogP contribution is 2.28. The molecule has 2 aromatic rings. The van der Waals surface area contributed by atoms with Crippen LogP contribution < -0.4 is 20.3 Å². The van der Waals surface area contributed by atoms with Gasteiger partial charge in [-0.3, -0.25) is 15.0 Å². The second-order valence-electron chi connectivity index (χ2n) is 6.40. The van der Waals surface area contributed by atoms with Crippen LogP contribution in [0.25, 0.3) is 0 Å². The van der Waals surface area contributed by atoms with E-state index in [-0.39, 0.29) is 11.4 Å². The van der Waals surface area contributed by atoms with Gasteiger partial charge >= 0.3 is 6.03 Å². The summed E-state index contributed by atoms with van der Waals surface area (Å²) in [6.45, 7) is 4.48. The molecule has 0 unspecified atom stereocenters. The third-order valence-electron chi connectivity index (χ3n) is 4.56. The highest BCUT2D eigenvalue weighted by molar-refractivity contribution is 5.91. The molecule has 1 saturated heterocycles. The van der Waals surface area contributed by atoms with Gasteiger partial charge in [0.1, 0.15) is 5.75 Å². The van der Waals surface area contributed by atoms with Crippen LogP contribution in [0.2, 0.25) is 0 Å². The third-order valence-corrected chi connectivity index (χ3v) is 4.56. The second kappa shape index (κ2) is 9.64. The summed E-state index contributed by atoms with van der Waals surface area (Å²) in [5.41, 5.74) is 0.122. The van der Waals surface area contributed by atoms with Crippen LogP contribution in [-0.4, -0.2) is 72.2 Å². The van der Waals surface area contributed by atoms with Gasteiger partial charge in [-0.2, -0.15) is 0 Å². The highest BCUT2D eigenvalue weighted by atomic mass is 16.6. The SMILES string of the molecule is COc1ccc([N+](=O)[O-])cc1NC(=O)NCCN1CCN(c2ncccn2)CC1. The number of non-ortho nitro benzene ring substituents is 1. The minimum atomic E-state index is -0.525. The van der Waals surface area contributed by atoms with Gasteiger partial charge in [0.15, 0.2) is 0 Å². The van der Waals surface area contributed by atoms with Crippen molar-refractivity contribution >= 4 is 23.4 Å². The predicted molar refractivity (Wildman–Crippen MR) is 107 cm³/mol. The first kappa shape index (κ1) is 20.3. The molecule has 0 bridgehead atoms. The highest BCUT2D eigenvalue weighted by Gasteiger charge is 2.19. The Bertz CT molecular complexity index is 841. The van der Waals surface area contributed by atoms with Crippen LogP contribution in [0.4, 0.5) is 22.1 Å². The zero-order valence-corrected chi connectivity index (χ0v) is 16.1. The van der Waals surface area contributed by atoms with E-state index < -0.39 is 11.0 Å². The van der Waals surface area contributed by atoms with Crippen molar-refractivity contribution < 1.29 is 14.5 Å². The average molecular weight is 401 g/mol. The standard InChI is InChI=1S/C18H23N7O4/c1-29-16-4-3-14(25(27)28)13-15(16)22-18(26)21-7-8-23-9-11-24(12-10-23)17-19-5-2-6-20-17/h2-6,13H,7-12H2,1H3,(H2,21,22,26). The van der Waals surface area contributed by atoms with Crippen molar-refractivity contribution in [1.29, 1.82) is 0 Å². The average Bonchev–Trinajstić information content (AvgIpc) is 2.74. The van der Waals surface area contributed by atoms with Gasteiger partial charge in [0.05, 0.1) is 17.7 Å². The zero-order valence-electron chi connectivity index (χ0n) is 16.1. The summed E-state index contributed by atoms with van der Waals surface area (Å²) in [7, 11) is 1.43. The Balaban J connectivity index is 1.43. The molecule has 3 rings (SSSR count). The van der Waals surface area contributed by atoms with Crippen molar-refractivity contribution in [2.75, 3.05) is 56.6 Å². The number of piperazine rings is 1. The quantitative estimate of drug-likeness (QED) is 0.526. The molecule has 0 spiro atoms. The largest absolute Gasteiger partial charge is 0.495 e. The van der Waals surface area contributed by atoms with Crippen molar-refractivity contribution in [2.24, 2.45) is 0 Å². The summed E-state index contributed by atoms with van der Waals surface area (Å²) in [6.07, 6.45) is 3.46. The fourth-order valence-electron chi connectivity index (χ4n) is 3.03. The van der Waals surface area contributed by atoms with Gasteiger partial charge in [-0.05, 0) is 12.1 Å². The molecule has 2 heterocycles. The first-order valence-electron chi connectivity index (χ1n) is 9.18. The van der Waals surface area contributed by atoms with Crippen LogP contribution in [0, 0.1) is 10.1 Å². The van der Waals surface area contributed by atoms with Crippen LogP contribution >= 0.6 is 0 Å². The number of ether oxygens (including phenoxy) is 1. The zero-order chi connectivity index (χ0) is 20.6. The molecule has 0 saturated carbocycles. The maximum Gasteiger partial charge on any atom is 0.319 e. The fourth-order valence-corrected chi connectivity index (χ4v) is 3.03. The number of hydrogen-bond donors (Lipinski definition) is 2. The lowest BCUT2D eigenvalue weighted by Gasteiger charge is -2.34. The molecule has 2 N–H and O–H groups in total. The number of nitro benzene ring substituents is 1. The molecule has 154 valence electrons. The minimum Gasteiger partial charge on any atom is -0.495 e. The number of hydrogen-bond acceptors (Lipinski definition) is 8. The van der Waals surface area contributed by atoms with Gasteiger partial charge in [-0.15, -0.1) is 0 Å². The van der Waals surface area contributed by atoms with Gasteiger partial charge in [-0.1, -0.05) is 0 Å².